The van der Waals surface area contributed by atoms with Crippen molar-refractivity contribution in [3.05, 3.63) is 58.1 Å². The molecular weight excluding hydrogens is 409 g/mol. The second-order valence-corrected chi connectivity index (χ2v) is 6.40. The van der Waals surface area contributed by atoms with E-state index >= 15 is 0 Å². The highest BCUT2D eigenvalue weighted by molar-refractivity contribution is 6.34. The third-order valence-electron chi connectivity index (χ3n) is 3.91. The summed E-state index contributed by atoms with van der Waals surface area (Å²) in [4.78, 5) is 14.0. The molecule has 28 heavy (non-hydrogen) atoms. The quantitative estimate of drug-likeness (QED) is 0.613. The lowest BCUT2D eigenvalue weighted by Gasteiger charge is -2.16. The Hall–Kier alpha value is -2.55. The first-order valence-electron chi connectivity index (χ1n) is 8.00. The Kier molecular flexibility index (Phi) is 5.64. The van der Waals surface area contributed by atoms with E-state index in [2.05, 4.69) is 4.74 Å². The van der Waals surface area contributed by atoms with Crippen molar-refractivity contribution in [2.45, 2.75) is 25.9 Å². The molecule has 0 saturated carbocycles. The Bertz CT molecular complexity index is 871. The molecule has 0 unspecified atom stereocenters. The van der Waals surface area contributed by atoms with Gasteiger partial charge in [0, 0.05) is 13.1 Å². The Balaban J connectivity index is 1.71. The number of carbonyl (C=O) groups excluding carboxylic acids is 1. The predicted octanol–water partition coefficient (Wildman–Crippen LogP) is 5.04. The van der Waals surface area contributed by atoms with Gasteiger partial charge in [0.05, 0.1) is 10.6 Å². The summed E-state index contributed by atoms with van der Waals surface area (Å²) < 4.78 is 69.9. The Morgan fingerprint density at radius 1 is 1.11 bits per heavy atom. The average molecular weight is 422 g/mol. The molecular formula is C18H13ClF5NO3. The molecule has 150 valence electrons. The van der Waals surface area contributed by atoms with Gasteiger partial charge in [-0.05, 0) is 35.4 Å². The van der Waals surface area contributed by atoms with Crippen LogP contribution in [0, 0.1) is 0 Å². The molecule has 4 nitrogen and oxygen atoms in total. The van der Waals surface area contributed by atoms with Crippen molar-refractivity contribution in [3.8, 4) is 11.5 Å². The molecule has 3 rings (SSSR count). The van der Waals surface area contributed by atoms with Crippen LogP contribution in [0.4, 0.5) is 22.0 Å². The summed E-state index contributed by atoms with van der Waals surface area (Å²) in [6.07, 6.45) is -7.43. The minimum absolute atomic E-state index is 0.0863. The van der Waals surface area contributed by atoms with Crippen molar-refractivity contribution < 1.29 is 36.2 Å². The van der Waals surface area contributed by atoms with Gasteiger partial charge in [0.15, 0.2) is 0 Å². The molecule has 0 aromatic heterocycles. The highest BCUT2D eigenvalue weighted by Crippen LogP contribution is 2.34. The number of carbonyl (C=O) groups is 1. The van der Waals surface area contributed by atoms with Crippen molar-refractivity contribution in [1.82, 2.24) is 4.90 Å². The van der Waals surface area contributed by atoms with E-state index in [1.165, 1.54) is 29.2 Å². The molecule has 0 N–H and O–H groups in total. The van der Waals surface area contributed by atoms with Gasteiger partial charge in [0.1, 0.15) is 18.1 Å². The molecule has 0 aliphatic carbocycles. The normalized spacial score (nSPS) is 13.8. The van der Waals surface area contributed by atoms with Gasteiger partial charge in [-0.2, -0.15) is 0 Å². The maximum Gasteiger partial charge on any atom is 0.573 e. The van der Waals surface area contributed by atoms with Crippen LogP contribution in [-0.4, -0.2) is 30.2 Å². The van der Waals surface area contributed by atoms with Crippen LogP contribution in [0.3, 0.4) is 0 Å². The van der Waals surface area contributed by atoms with Gasteiger partial charge < -0.3 is 14.4 Å². The molecule has 2 aromatic carbocycles. The van der Waals surface area contributed by atoms with Gasteiger partial charge in [-0.15, -0.1) is 13.2 Å². The zero-order valence-electron chi connectivity index (χ0n) is 14.1. The number of nitrogens with zero attached hydrogens (tertiary/aromatic N) is 1. The summed E-state index contributed by atoms with van der Waals surface area (Å²) in [7, 11) is 0. The van der Waals surface area contributed by atoms with E-state index in [1.54, 1.807) is 0 Å². The number of benzene rings is 2. The molecule has 0 fully saturated rings. The summed E-state index contributed by atoms with van der Waals surface area (Å²) in [5.74, 6) is -0.598. The van der Waals surface area contributed by atoms with E-state index in [0.29, 0.717) is 11.1 Å². The summed E-state index contributed by atoms with van der Waals surface area (Å²) in [5, 5.41) is 0.0863. The average Bonchev–Trinajstić information content (AvgIpc) is 2.89. The molecule has 0 spiro atoms. The number of ether oxygens (including phenoxy) is 2. The zero-order valence-corrected chi connectivity index (χ0v) is 14.9. The van der Waals surface area contributed by atoms with Crippen LogP contribution in [0.2, 0.25) is 5.02 Å². The van der Waals surface area contributed by atoms with Crippen LogP contribution in [0.25, 0.3) is 0 Å². The molecule has 0 bridgehead atoms. The molecule has 0 saturated heterocycles. The van der Waals surface area contributed by atoms with Crippen LogP contribution in [-0.2, 0) is 13.1 Å². The third-order valence-corrected chi connectivity index (χ3v) is 4.21. The predicted molar refractivity (Wildman–Crippen MR) is 89.7 cm³/mol. The molecule has 10 heteroatoms. The molecule has 1 heterocycles. The van der Waals surface area contributed by atoms with Crippen LogP contribution in [0.5, 0.6) is 11.5 Å². The Morgan fingerprint density at radius 2 is 1.79 bits per heavy atom. The SMILES string of the molecule is O=C1c2c(Cl)cc(OCC(F)F)cc2CN1Cc1ccc(OC(F)(F)F)cc1. The van der Waals surface area contributed by atoms with E-state index in [4.69, 9.17) is 16.3 Å². The topological polar surface area (TPSA) is 38.8 Å². The number of halogens is 6. The first-order chi connectivity index (χ1) is 13.1. The molecule has 2 aromatic rings. The van der Waals surface area contributed by atoms with Gasteiger partial charge in [0.2, 0.25) is 0 Å². The third kappa shape index (κ3) is 4.83. The fraction of sp³-hybridized carbons (Fsp3) is 0.278. The summed E-state index contributed by atoms with van der Waals surface area (Å²) >= 11 is 6.10. The Labute approximate surface area is 161 Å². The smallest absolute Gasteiger partial charge is 0.488 e. The highest BCUT2D eigenvalue weighted by Gasteiger charge is 2.32. The largest absolute Gasteiger partial charge is 0.573 e. The summed E-state index contributed by atoms with van der Waals surface area (Å²) in [6, 6.07) is 7.90. The second kappa shape index (κ2) is 7.83. The fourth-order valence-corrected chi connectivity index (χ4v) is 3.13. The Morgan fingerprint density at radius 3 is 2.39 bits per heavy atom. The van der Waals surface area contributed by atoms with Gasteiger partial charge >= 0.3 is 6.36 Å². The number of alkyl halides is 5. The van der Waals surface area contributed by atoms with Crippen molar-refractivity contribution in [1.29, 1.82) is 0 Å². The van der Waals surface area contributed by atoms with Crippen LogP contribution in [0.15, 0.2) is 36.4 Å². The standard InChI is InChI=1S/C18H13ClF5NO3/c19-14-6-13(27-9-15(20)21)5-11-8-25(17(26)16(11)14)7-10-1-3-12(4-2-10)28-18(22,23)24/h1-6,15H,7-9H2. The van der Waals surface area contributed by atoms with Gasteiger partial charge in [-0.3, -0.25) is 4.79 Å². The number of fused-ring (bicyclic) bond motifs is 1. The first kappa shape index (κ1) is 20.2. The highest BCUT2D eigenvalue weighted by atomic mass is 35.5. The number of amides is 1. The van der Waals surface area contributed by atoms with E-state index in [9.17, 15) is 26.7 Å². The van der Waals surface area contributed by atoms with Crippen LogP contribution in [0.1, 0.15) is 21.5 Å². The number of hydrogen-bond acceptors (Lipinski definition) is 3. The fourth-order valence-electron chi connectivity index (χ4n) is 2.82. The lowest BCUT2D eigenvalue weighted by molar-refractivity contribution is -0.274. The van der Waals surface area contributed by atoms with Gasteiger partial charge in [0.25, 0.3) is 12.3 Å². The first-order valence-corrected chi connectivity index (χ1v) is 8.37. The number of hydrogen-bond donors (Lipinski definition) is 0. The van der Waals surface area contributed by atoms with Crippen molar-refractivity contribution in [2.75, 3.05) is 6.61 Å². The van der Waals surface area contributed by atoms with Crippen molar-refractivity contribution in [2.24, 2.45) is 0 Å². The van der Waals surface area contributed by atoms with Crippen LogP contribution < -0.4 is 9.47 Å². The zero-order chi connectivity index (χ0) is 20.5. The molecule has 1 aliphatic heterocycles. The second-order valence-electron chi connectivity index (χ2n) is 5.99. The maximum atomic E-state index is 12.6. The van der Waals surface area contributed by atoms with E-state index in [1.807, 2.05) is 0 Å². The molecule has 0 radical (unpaired) electrons. The minimum atomic E-state index is -4.78. The summed E-state index contributed by atoms with van der Waals surface area (Å²) in [5.41, 5.74) is 1.36. The lowest BCUT2D eigenvalue weighted by atomic mass is 10.1. The maximum absolute atomic E-state index is 12.6. The number of rotatable bonds is 6. The summed E-state index contributed by atoms with van der Waals surface area (Å²) in [6.45, 7) is -0.497. The van der Waals surface area contributed by atoms with E-state index < -0.39 is 19.4 Å². The minimum Gasteiger partial charge on any atom is -0.488 e. The van der Waals surface area contributed by atoms with Crippen molar-refractivity contribution in [3.63, 3.8) is 0 Å². The van der Waals surface area contributed by atoms with E-state index in [0.717, 1.165) is 12.1 Å². The van der Waals surface area contributed by atoms with Crippen LogP contribution >= 0.6 is 11.6 Å². The lowest BCUT2D eigenvalue weighted by Crippen LogP contribution is -2.23. The molecule has 1 amide bonds. The molecule has 1 aliphatic rings. The monoisotopic (exact) mass is 421 g/mol. The van der Waals surface area contributed by atoms with Gasteiger partial charge in [-0.25, -0.2) is 8.78 Å². The molecule has 0 atom stereocenters. The van der Waals surface area contributed by atoms with Crippen molar-refractivity contribution >= 4 is 17.5 Å². The van der Waals surface area contributed by atoms with E-state index in [-0.39, 0.29) is 41.1 Å². The van der Waals surface area contributed by atoms with Gasteiger partial charge in [-0.1, -0.05) is 23.7 Å².